The number of ether oxygens (including phenoxy) is 1. The number of esters is 1. The van der Waals surface area contributed by atoms with Gasteiger partial charge in [0.15, 0.2) is 5.82 Å². The van der Waals surface area contributed by atoms with Crippen molar-refractivity contribution in [2.24, 2.45) is 19.1 Å². The van der Waals surface area contributed by atoms with Crippen LogP contribution in [0, 0.1) is 4.64 Å². The first kappa shape index (κ1) is 17.4. The Morgan fingerprint density at radius 1 is 1.43 bits per heavy atom. The molecule has 0 amide bonds. The van der Waals surface area contributed by atoms with E-state index in [0.717, 1.165) is 0 Å². The van der Waals surface area contributed by atoms with E-state index in [0.29, 0.717) is 11.7 Å². The fraction of sp³-hybridized carbons (Fsp3) is 0.500. The number of aliphatic imine (C=N–C) groups is 1. The summed E-state index contributed by atoms with van der Waals surface area (Å²) in [6.45, 7) is 3.81. The number of hydrogen-bond donors (Lipinski definition) is 1. The average molecular weight is 330 g/mol. The number of anilines is 1. The van der Waals surface area contributed by atoms with Crippen molar-refractivity contribution < 1.29 is 9.53 Å². The van der Waals surface area contributed by atoms with Gasteiger partial charge in [0.25, 0.3) is 0 Å². The standard InChI is InChI=1S/C12H18N4O3S2/c1-5-19-8(17)6-21-7(2)14-10-9(13)11(20)16(4)12(18)15(10)3/h5-6,13H2,1-4H3. The van der Waals surface area contributed by atoms with Crippen molar-refractivity contribution in [1.29, 1.82) is 0 Å². The third-order valence-electron chi connectivity index (χ3n) is 2.64. The molecule has 9 heteroatoms. The summed E-state index contributed by atoms with van der Waals surface area (Å²) in [5, 5.41) is 0.591. The predicted octanol–water partition coefficient (Wildman–Crippen LogP) is 1.38. The fourth-order valence-corrected chi connectivity index (χ4v) is 2.27. The van der Waals surface area contributed by atoms with Gasteiger partial charge in [-0.2, -0.15) is 0 Å². The number of aromatic nitrogens is 2. The topological polar surface area (TPSA) is 91.6 Å². The highest BCUT2D eigenvalue weighted by Gasteiger charge is 2.11. The van der Waals surface area contributed by atoms with E-state index in [-0.39, 0.29) is 33.6 Å². The van der Waals surface area contributed by atoms with Crippen LogP contribution in [0.5, 0.6) is 0 Å². The van der Waals surface area contributed by atoms with Crippen molar-refractivity contribution in [3.8, 4) is 0 Å². The minimum absolute atomic E-state index is 0.151. The first-order chi connectivity index (χ1) is 9.79. The van der Waals surface area contributed by atoms with E-state index < -0.39 is 0 Å². The second-order valence-electron chi connectivity index (χ2n) is 4.17. The maximum Gasteiger partial charge on any atom is 0.330 e. The van der Waals surface area contributed by atoms with Crippen LogP contribution in [0.2, 0.25) is 0 Å². The molecule has 2 N–H and O–H groups in total. The lowest BCUT2D eigenvalue weighted by Crippen LogP contribution is -2.28. The summed E-state index contributed by atoms with van der Waals surface area (Å²) in [7, 11) is 3.12. The number of carbonyl (C=O) groups is 1. The van der Waals surface area contributed by atoms with E-state index >= 15 is 0 Å². The molecule has 0 spiro atoms. The highest BCUT2D eigenvalue weighted by molar-refractivity contribution is 8.14. The molecule has 0 aliphatic heterocycles. The Morgan fingerprint density at radius 2 is 2.05 bits per heavy atom. The SMILES string of the molecule is CCOC(=O)CSC(C)=Nc1c(N)c(=S)n(C)c(=O)n1C. The maximum absolute atomic E-state index is 11.9. The van der Waals surface area contributed by atoms with Crippen LogP contribution in [0.3, 0.4) is 0 Å². The first-order valence-electron chi connectivity index (χ1n) is 6.18. The van der Waals surface area contributed by atoms with Crippen LogP contribution in [-0.2, 0) is 23.6 Å². The van der Waals surface area contributed by atoms with E-state index in [1.807, 2.05) is 0 Å². The number of nitrogens with two attached hydrogens (primary N) is 1. The number of nitrogens with zero attached hydrogens (tertiary/aromatic N) is 3. The van der Waals surface area contributed by atoms with Gasteiger partial charge in [-0.05, 0) is 13.8 Å². The van der Waals surface area contributed by atoms with Crippen LogP contribution in [0.4, 0.5) is 11.5 Å². The molecular weight excluding hydrogens is 312 g/mol. The third-order valence-corrected chi connectivity index (χ3v) is 4.02. The number of rotatable bonds is 4. The molecule has 0 saturated heterocycles. The predicted molar refractivity (Wildman–Crippen MR) is 87.8 cm³/mol. The molecule has 0 radical (unpaired) electrons. The fourth-order valence-electron chi connectivity index (χ4n) is 1.54. The molecule has 116 valence electrons. The Balaban J connectivity index is 3.07. The van der Waals surface area contributed by atoms with Crippen LogP contribution < -0.4 is 11.4 Å². The molecule has 1 rings (SSSR count). The lowest BCUT2D eigenvalue weighted by atomic mass is 10.4. The van der Waals surface area contributed by atoms with Gasteiger partial charge in [0.1, 0.15) is 10.3 Å². The van der Waals surface area contributed by atoms with Crippen LogP contribution in [0.1, 0.15) is 13.8 Å². The molecule has 0 saturated carbocycles. The maximum atomic E-state index is 11.9. The van der Waals surface area contributed by atoms with E-state index in [4.69, 9.17) is 22.7 Å². The minimum Gasteiger partial charge on any atom is -0.465 e. The molecule has 21 heavy (non-hydrogen) atoms. The summed E-state index contributed by atoms with van der Waals surface area (Å²) in [4.78, 5) is 27.5. The molecule has 0 aliphatic rings. The zero-order chi connectivity index (χ0) is 16.2. The van der Waals surface area contributed by atoms with Gasteiger partial charge in [-0.15, -0.1) is 0 Å². The van der Waals surface area contributed by atoms with Gasteiger partial charge in [0.05, 0.1) is 17.4 Å². The molecule has 7 nitrogen and oxygen atoms in total. The second kappa shape index (κ2) is 7.41. The summed E-state index contributed by atoms with van der Waals surface area (Å²) < 4.78 is 7.67. The molecule has 1 aromatic heterocycles. The Kier molecular flexibility index (Phi) is 6.16. The molecule has 0 aliphatic carbocycles. The van der Waals surface area contributed by atoms with Gasteiger partial charge in [-0.1, -0.05) is 24.0 Å². The molecule has 1 heterocycles. The van der Waals surface area contributed by atoms with Crippen molar-refractivity contribution in [3.05, 3.63) is 15.1 Å². The number of thioether (sulfide) groups is 1. The van der Waals surface area contributed by atoms with E-state index in [1.165, 1.54) is 20.9 Å². The lowest BCUT2D eigenvalue weighted by molar-refractivity contribution is -0.139. The van der Waals surface area contributed by atoms with E-state index in [1.54, 1.807) is 27.9 Å². The monoisotopic (exact) mass is 330 g/mol. The Labute approximate surface area is 131 Å². The smallest absolute Gasteiger partial charge is 0.330 e. The summed E-state index contributed by atoms with van der Waals surface area (Å²) in [5.41, 5.74) is 5.86. The first-order valence-corrected chi connectivity index (χ1v) is 7.58. The molecule has 1 aromatic rings. The van der Waals surface area contributed by atoms with Gasteiger partial charge in [0.2, 0.25) is 0 Å². The van der Waals surface area contributed by atoms with Gasteiger partial charge >= 0.3 is 11.7 Å². The van der Waals surface area contributed by atoms with Crippen LogP contribution in [0.15, 0.2) is 9.79 Å². The zero-order valence-corrected chi connectivity index (χ0v) is 14.0. The quantitative estimate of drug-likeness (QED) is 0.388. The van der Waals surface area contributed by atoms with Crippen LogP contribution in [-0.4, -0.2) is 32.5 Å². The Hall–Kier alpha value is -1.61. The minimum atomic E-state index is -0.317. The second-order valence-corrected chi connectivity index (χ2v) is 5.72. The summed E-state index contributed by atoms with van der Waals surface area (Å²) in [6, 6.07) is 0. The molecule has 0 bridgehead atoms. The molecule has 0 fully saturated rings. The van der Waals surface area contributed by atoms with Gasteiger partial charge in [0, 0.05) is 14.1 Å². The van der Waals surface area contributed by atoms with Crippen LogP contribution in [0.25, 0.3) is 0 Å². The summed E-state index contributed by atoms with van der Waals surface area (Å²) in [6.07, 6.45) is 0. The Bertz CT molecular complexity index is 654. The van der Waals surface area contributed by atoms with Crippen molar-refractivity contribution in [1.82, 2.24) is 9.13 Å². The van der Waals surface area contributed by atoms with E-state index in [2.05, 4.69) is 4.99 Å². The summed E-state index contributed by atoms with van der Waals surface area (Å²) in [5.74, 6) is 0.123. The number of hydrogen-bond acceptors (Lipinski definition) is 7. The highest BCUT2D eigenvalue weighted by Crippen LogP contribution is 2.22. The number of carbonyl (C=O) groups excluding carboxylic acids is 1. The van der Waals surface area contributed by atoms with Crippen molar-refractivity contribution in [3.63, 3.8) is 0 Å². The highest BCUT2D eigenvalue weighted by atomic mass is 32.2. The van der Waals surface area contributed by atoms with E-state index in [9.17, 15) is 9.59 Å². The van der Waals surface area contributed by atoms with Gasteiger partial charge < -0.3 is 10.5 Å². The molecular formula is C12H18N4O3S2. The average Bonchev–Trinajstić information content (AvgIpc) is 2.46. The Morgan fingerprint density at radius 3 is 2.62 bits per heavy atom. The third kappa shape index (κ3) is 4.18. The zero-order valence-electron chi connectivity index (χ0n) is 12.4. The molecule has 0 aromatic carbocycles. The summed E-state index contributed by atoms with van der Waals surface area (Å²) >= 11 is 6.31. The van der Waals surface area contributed by atoms with Crippen molar-refractivity contribution in [2.75, 3.05) is 18.1 Å². The molecule has 0 atom stereocenters. The number of nitrogen functional groups attached to an aromatic ring is 1. The molecule has 0 unspecified atom stereocenters. The lowest BCUT2D eigenvalue weighted by Gasteiger charge is -2.11. The van der Waals surface area contributed by atoms with Gasteiger partial charge in [-0.3, -0.25) is 13.9 Å². The van der Waals surface area contributed by atoms with Crippen LogP contribution >= 0.6 is 24.0 Å². The van der Waals surface area contributed by atoms with Crippen molar-refractivity contribution in [2.45, 2.75) is 13.8 Å². The van der Waals surface area contributed by atoms with Crippen molar-refractivity contribution >= 4 is 46.5 Å². The van der Waals surface area contributed by atoms with Gasteiger partial charge in [-0.25, -0.2) is 9.79 Å². The largest absolute Gasteiger partial charge is 0.465 e. The normalized spacial score (nSPS) is 11.5.